The van der Waals surface area contributed by atoms with Crippen molar-refractivity contribution < 1.29 is 0 Å². The Kier molecular flexibility index (Phi) is 5.46. The van der Waals surface area contributed by atoms with Crippen molar-refractivity contribution in [3.05, 3.63) is 0 Å². The van der Waals surface area contributed by atoms with Gasteiger partial charge >= 0.3 is 0 Å². The summed E-state index contributed by atoms with van der Waals surface area (Å²) in [5, 5.41) is 0. The minimum absolute atomic E-state index is 0.794. The molecule has 0 atom stereocenters. The maximum absolute atomic E-state index is 1.61. The van der Waals surface area contributed by atoms with Crippen molar-refractivity contribution >= 4 is 0 Å². The summed E-state index contributed by atoms with van der Waals surface area (Å²) in [5.74, 6) is 2.20. The number of rotatable bonds is 4. The van der Waals surface area contributed by atoms with E-state index in [4.69, 9.17) is 0 Å². The van der Waals surface area contributed by atoms with Crippen molar-refractivity contribution in [1.82, 2.24) is 0 Å². The molecular weight excluding hydrogens is 240 g/mol. The summed E-state index contributed by atoms with van der Waals surface area (Å²) in [6.07, 6.45) is 26.4. The molecule has 3 aliphatic carbocycles. The molecule has 0 heteroatoms. The average molecular weight is 277 g/mol. The third-order valence-electron chi connectivity index (χ3n) is 6.81. The van der Waals surface area contributed by atoms with Crippen LogP contribution in [0.1, 0.15) is 109 Å². The first kappa shape index (κ1) is 14.9. The molecule has 3 aliphatic rings. The SMILES string of the molecule is C1CCC(CC2(CC3CCCCC3)CCCCC2)CC1. The van der Waals surface area contributed by atoms with Crippen molar-refractivity contribution in [3.8, 4) is 0 Å². The Balaban J connectivity index is 1.60. The van der Waals surface area contributed by atoms with Crippen LogP contribution in [0, 0.1) is 17.3 Å². The second-order valence-electron chi connectivity index (χ2n) is 8.48. The van der Waals surface area contributed by atoms with E-state index in [1.807, 2.05) is 0 Å². The Morgan fingerprint density at radius 2 is 0.900 bits per heavy atom. The molecule has 0 aromatic carbocycles. The summed E-state index contributed by atoms with van der Waals surface area (Å²) >= 11 is 0. The van der Waals surface area contributed by atoms with Gasteiger partial charge in [-0.1, -0.05) is 83.5 Å². The fourth-order valence-electron chi connectivity index (χ4n) is 5.80. The van der Waals surface area contributed by atoms with Gasteiger partial charge in [-0.3, -0.25) is 0 Å². The molecule has 0 aromatic rings. The van der Waals surface area contributed by atoms with Crippen LogP contribution in [0.2, 0.25) is 0 Å². The average Bonchev–Trinajstić information content (AvgIpc) is 2.50. The number of hydrogen-bond donors (Lipinski definition) is 0. The zero-order chi connectivity index (χ0) is 13.7. The van der Waals surface area contributed by atoms with Crippen LogP contribution in [0.4, 0.5) is 0 Å². The zero-order valence-corrected chi connectivity index (χ0v) is 13.7. The molecule has 0 N–H and O–H groups in total. The fourth-order valence-corrected chi connectivity index (χ4v) is 5.80. The van der Waals surface area contributed by atoms with Crippen molar-refractivity contribution in [2.75, 3.05) is 0 Å². The van der Waals surface area contributed by atoms with Crippen LogP contribution in [-0.2, 0) is 0 Å². The first-order valence-corrected chi connectivity index (χ1v) is 9.86. The second-order valence-corrected chi connectivity index (χ2v) is 8.48. The predicted molar refractivity (Wildman–Crippen MR) is 87.9 cm³/mol. The molecule has 20 heavy (non-hydrogen) atoms. The van der Waals surface area contributed by atoms with Crippen LogP contribution < -0.4 is 0 Å². The van der Waals surface area contributed by atoms with E-state index < -0.39 is 0 Å². The molecule has 3 rings (SSSR count). The van der Waals surface area contributed by atoms with E-state index in [0.29, 0.717) is 0 Å². The number of hydrogen-bond acceptors (Lipinski definition) is 0. The lowest BCUT2D eigenvalue weighted by Crippen LogP contribution is -2.31. The molecule has 0 amide bonds. The lowest BCUT2D eigenvalue weighted by Gasteiger charge is -2.44. The van der Waals surface area contributed by atoms with E-state index >= 15 is 0 Å². The molecule has 3 saturated carbocycles. The van der Waals surface area contributed by atoms with E-state index in [1.165, 1.54) is 44.9 Å². The Labute approximate surface area is 127 Å². The van der Waals surface area contributed by atoms with Crippen LogP contribution in [0.5, 0.6) is 0 Å². The highest BCUT2D eigenvalue weighted by atomic mass is 14.4. The molecule has 0 saturated heterocycles. The molecule has 0 aromatic heterocycles. The second kappa shape index (κ2) is 7.32. The van der Waals surface area contributed by atoms with E-state index in [9.17, 15) is 0 Å². The van der Waals surface area contributed by atoms with Crippen LogP contribution in [0.25, 0.3) is 0 Å². The Bertz CT molecular complexity index is 240. The van der Waals surface area contributed by atoms with Gasteiger partial charge in [-0.2, -0.15) is 0 Å². The zero-order valence-electron chi connectivity index (χ0n) is 13.7. The standard InChI is InChI=1S/C20H36/c1-4-10-18(11-5-1)16-20(14-8-3-9-15-20)17-19-12-6-2-7-13-19/h18-19H,1-17H2. The van der Waals surface area contributed by atoms with Gasteiger partial charge in [0.25, 0.3) is 0 Å². The van der Waals surface area contributed by atoms with Gasteiger partial charge in [0.05, 0.1) is 0 Å². The van der Waals surface area contributed by atoms with Crippen molar-refractivity contribution in [2.45, 2.75) is 109 Å². The molecule has 0 heterocycles. The molecule has 0 nitrogen and oxygen atoms in total. The van der Waals surface area contributed by atoms with Crippen LogP contribution in [0.15, 0.2) is 0 Å². The monoisotopic (exact) mass is 276 g/mol. The summed E-state index contributed by atoms with van der Waals surface area (Å²) < 4.78 is 0. The summed E-state index contributed by atoms with van der Waals surface area (Å²) in [6, 6.07) is 0. The van der Waals surface area contributed by atoms with Gasteiger partial charge in [0, 0.05) is 0 Å². The topological polar surface area (TPSA) is 0 Å². The highest BCUT2D eigenvalue weighted by molar-refractivity contribution is 4.88. The summed E-state index contributed by atoms with van der Waals surface area (Å²) in [6.45, 7) is 0. The third kappa shape index (κ3) is 4.01. The highest BCUT2D eigenvalue weighted by Crippen LogP contribution is 2.50. The molecule has 0 aliphatic heterocycles. The van der Waals surface area contributed by atoms with Gasteiger partial charge in [0.1, 0.15) is 0 Å². The van der Waals surface area contributed by atoms with Gasteiger partial charge in [0.2, 0.25) is 0 Å². The van der Waals surface area contributed by atoms with Crippen LogP contribution in [-0.4, -0.2) is 0 Å². The minimum Gasteiger partial charge on any atom is -0.0533 e. The Morgan fingerprint density at radius 1 is 0.500 bits per heavy atom. The van der Waals surface area contributed by atoms with E-state index in [-0.39, 0.29) is 0 Å². The van der Waals surface area contributed by atoms with Crippen LogP contribution >= 0.6 is 0 Å². The van der Waals surface area contributed by atoms with Crippen molar-refractivity contribution in [3.63, 3.8) is 0 Å². The third-order valence-corrected chi connectivity index (χ3v) is 6.81. The normalized spacial score (nSPS) is 29.4. The fraction of sp³-hybridized carbons (Fsp3) is 1.00. The predicted octanol–water partition coefficient (Wildman–Crippen LogP) is 6.88. The first-order chi connectivity index (χ1) is 9.86. The molecule has 0 bridgehead atoms. The van der Waals surface area contributed by atoms with E-state index in [0.717, 1.165) is 17.3 Å². The largest absolute Gasteiger partial charge is 0.0533 e. The van der Waals surface area contributed by atoms with Crippen molar-refractivity contribution in [2.24, 2.45) is 17.3 Å². The maximum atomic E-state index is 1.61. The molecule has 0 spiro atoms. The Hall–Kier alpha value is 0. The molecule has 3 fully saturated rings. The molecule has 0 radical (unpaired) electrons. The van der Waals surface area contributed by atoms with Gasteiger partial charge in [-0.05, 0) is 42.9 Å². The lowest BCUT2D eigenvalue weighted by atomic mass is 9.62. The lowest BCUT2D eigenvalue weighted by molar-refractivity contribution is 0.0823. The van der Waals surface area contributed by atoms with Gasteiger partial charge in [0.15, 0.2) is 0 Å². The molecular formula is C20H36. The Morgan fingerprint density at radius 3 is 1.35 bits per heavy atom. The summed E-state index contributed by atoms with van der Waals surface area (Å²) in [5.41, 5.74) is 0.794. The molecule has 0 unspecified atom stereocenters. The van der Waals surface area contributed by atoms with Gasteiger partial charge < -0.3 is 0 Å². The quantitative estimate of drug-likeness (QED) is 0.525. The minimum atomic E-state index is 0.794. The smallest absolute Gasteiger partial charge is 0.0292 e. The van der Waals surface area contributed by atoms with E-state index in [1.54, 1.807) is 64.2 Å². The molecule has 116 valence electrons. The van der Waals surface area contributed by atoms with E-state index in [2.05, 4.69) is 0 Å². The van der Waals surface area contributed by atoms with Crippen molar-refractivity contribution in [1.29, 1.82) is 0 Å². The highest BCUT2D eigenvalue weighted by Gasteiger charge is 2.36. The maximum Gasteiger partial charge on any atom is -0.0292 e. The first-order valence-electron chi connectivity index (χ1n) is 9.86. The summed E-state index contributed by atoms with van der Waals surface area (Å²) in [4.78, 5) is 0. The summed E-state index contributed by atoms with van der Waals surface area (Å²) in [7, 11) is 0. The van der Waals surface area contributed by atoms with Gasteiger partial charge in [-0.15, -0.1) is 0 Å². The van der Waals surface area contributed by atoms with Crippen LogP contribution in [0.3, 0.4) is 0 Å². The van der Waals surface area contributed by atoms with Gasteiger partial charge in [-0.25, -0.2) is 0 Å².